The van der Waals surface area contributed by atoms with Crippen molar-refractivity contribution in [2.75, 3.05) is 0 Å². The van der Waals surface area contributed by atoms with Gasteiger partial charge in [0, 0.05) is 12.0 Å². The zero-order valence-electron chi connectivity index (χ0n) is 17.1. The highest BCUT2D eigenvalue weighted by atomic mass is 16.5. The van der Waals surface area contributed by atoms with Crippen LogP contribution in [0.5, 0.6) is 0 Å². The lowest BCUT2D eigenvalue weighted by atomic mass is 9.65. The molecule has 1 N–H and O–H groups in total. The van der Waals surface area contributed by atoms with E-state index in [2.05, 4.69) is 64.1 Å². The highest BCUT2D eigenvalue weighted by Gasteiger charge is 2.38. The van der Waals surface area contributed by atoms with Crippen LogP contribution >= 0.6 is 0 Å². The van der Waals surface area contributed by atoms with Crippen molar-refractivity contribution < 1.29 is 14.6 Å². The molecule has 2 aliphatic carbocycles. The summed E-state index contributed by atoms with van der Waals surface area (Å²) >= 11 is 0. The SMILES string of the molecule is CC1c2ccc(C3=CC=CC4OC(C=CC(=O)O)CC34)cc2C(C)C(C)C1C. The molecule has 0 bridgehead atoms. The van der Waals surface area contributed by atoms with Crippen LogP contribution in [-0.4, -0.2) is 23.3 Å². The minimum absolute atomic E-state index is 0.0229. The van der Waals surface area contributed by atoms with Gasteiger partial charge in [-0.3, -0.25) is 0 Å². The quantitative estimate of drug-likeness (QED) is 0.702. The number of carboxylic acids is 1. The third-order valence-corrected chi connectivity index (χ3v) is 7.45. The van der Waals surface area contributed by atoms with Crippen LogP contribution in [0.15, 0.2) is 48.6 Å². The topological polar surface area (TPSA) is 46.5 Å². The van der Waals surface area contributed by atoms with Crippen molar-refractivity contribution in [1.82, 2.24) is 0 Å². The van der Waals surface area contributed by atoms with E-state index < -0.39 is 5.97 Å². The minimum atomic E-state index is -0.925. The lowest BCUT2D eigenvalue weighted by molar-refractivity contribution is -0.131. The molecule has 28 heavy (non-hydrogen) atoms. The van der Waals surface area contributed by atoms with Gasteiger partial charge in [0.05, 0.1) is 12.2 Å². The summed E-state index contributed by atoms with van der Waals surface area (Å²) in [5, 5.41) is 8.89. The Hall–Kier alpha value is -2.13. The second-order valence-corrected chi connectivity index (χ2v) is 8.82. The number of aliphatic carboxylic acids is 1. The van der Waals surface area contributed by atoms with Crippen molar-refractivity contribution in [3.8, 4) is 0 Å². The van der Waals surface area contributed by atoms with Gasteiger partial charge in [0.25, 0.3) is 0 Å². The number of carboxylic acid groups (broad SMARTS) is 1. The predicted octanol–water partition coefficient (Wildman–Crippen LogP) is 5.55. The fourth-order valence-electron chi connectivity index (χ4n) is 5.28. The first-order valence-corrected chi connectivity index (χ1v) is 10.5. The van der Waals surface area contributed by atoms with E-state index in [0.717, 1.165) is 6.42 Å². The molecule has 0 aromatic heterocycles. The number of carbonyl (C=O) groups is 1. The standard InChI is InChI=1S/C25H30O3/c1-14-15(2)17(4)22-12-18(8-10-20(22)16(14)3)21-6-5-7-24-23(21)13-19(28-24)9-11-25(26)27/h5-12,14-17,19,23-24H,13H2,1-4H3,(H,26,27). The Kier molecular flexibility index (Phi) is 5.05. The largest absolute Gasteiger partial charge is 0.478 e. The summed E-state index contributed by atoms with van der Waals surface area (Å²) in [5.74, 6) is 1.86. The summed E-state index contributed by atoms with van der Waals surface area (Å²) in [5.41, 5.74) is 5.58. The first-order chi connectivity index (χ1) is 13.4. The monoisotopic (exact) mass is 378 g/mol. The summed E-state index contributed by atoms with van der Waals surface area (Å²) < 4.78 is 6.07. The predicted molar refractivity (Wildman–Crippen MR) is 112 cm³/mol. The van der Waals surface area contributed by atoms with Gasteiger partial charge in [-0.05, 0) is 58.4 Å². The number of ether oxygens (including phenoxy) is 1. The third-order valence-electron chi connectivity index (χ3n) is 7.45. The molecule has 0 saturated carbocycles. The Morgan fingerprint density at radius 1 is 1.11 bits per heavy atom. The molecule has 3 nitrogen and oxygen atoms in total. The van der Waals surface area contributed by atoms with Crippen LogP contribution in [0.25, 0.3) is 5.57 Å². The number of allylic oxidation sites excluding steroid dienone is 2. The van der Waals surface area contributed by atoms with E-state index in [1.165, 1.54) is 28.3 Å². The molecule has 0 amide bonds. The number of hydrogen-bond acceptors (Lipinski definition) is 2. The van der Waals surface area contributed by atoms with E-state index in [9.17, 15) is 4.79 Å². The molecule has 3 aliphatic rings. The lowest BCUT2D eigenvalue weighted by Crippen LogP contribution is -2.27. The molecule has 7 atom stereocenters. The van der Waals surface area contributed by atoms with Crippen LogP contribution in [0, 0.1) is 17.8 Å². The summed E-state index contributed by atoms with van der Waals surface area (Å²) in [6.07, 6.45) is 9.95. The van der Waals surface area contributed by atoms with Crippen LogP contribution in [0.2, 0.25) is 0 Å². The van der Waals surface area contributed by atoms with E-state index in [4.69, 9.17) is 9.84 Å². The molecule has 1 aromatic carbocycles. The van der Waals surface area contributed by atoms with Crippen LogP contribution in [0.4, 0.5) is 0 Å². The van der Waals surface area contributed by atoms with Gasteiger partial charge in [-0.1, -0.05) is 64.1 Å². The normalized spacial score (nSPS) is 36.9. The molecule has 1 aliphatic heterocycles. The maximum atomic E-state index is 10.8. The molecule has 1 fully saturated rings. The number of hydrogen-bond donors (Lipinski definition) is 1. The minimum Gasteiger partial charge on any atom is -0.478 e. The Morgan fingerprint density at radius 3 is 2.54 bits per heavy atom. The number of fused-ring (bicyclic) bond motifs is 2. The highest BCUT2D eigenvalue weighted by Crippen LogP contribution is 2.48. The average Bonchev–Trinajstić information content (AvgIpc) is 3.12. The second kappa shape index (κ2) is 7.36. The average molecular weight is 379 g/mol. The van der Waals surface area contributed by atoms with Crippen molar-refractivity contribution in [3.63, 3.8) is 0 Å². The fourth-order valence-corrected chi connectivity index (χ4v) is 5.28. The van der Waals surface area contributed by atoms with Crippen LogP contribution in [0.3, 0.4) is 0 Å². The molecule has 4 rings (SSSR count). The van der Waals surface area contributed by atoms with E-state index in [1.54, 1.807) is 6.08 Å². The van der Waals surface area contributed by atoms with Crippen molar-refractivity contribution in [2.45, 2.75) is 58.2 Å². The summed E-state index contributed by atoms with van der Waals surface area (Å²) in [7, 11) is 0. The van der Waals surface area contributed by atoms with Crippen LogP contribution in [-0.2, 0) is 9.53 Å². The molecule has 148 valence electrons. The Balaban J connectivity index is 1.64. The zero-order valence-corrected chi connectivity index (χ0v) is 17.1. The van der Waals surface area contributed by atoms with Gasteiger partial charge >= 0.3 is 5.97 Å². The van der Waals surface area contributed by atoms with E-state index in [-0.39, 0.29) is 18.1 Å². The lowest BCUT2D eigenvalue weighted by Gasteiger charge is -2.39. The van der Waals surface area contributed by atoms with Gasteiger partial charge in [0.1, 0.15) is 0 Å². The molecule has 1 aromatic rings. The molecule has 1 saturated heterocycles. The van der Waals surface area contributed by atoms with Crippen molar-refractivity contribution in [1.29, 1.82) is 0 Å². The van der Waals surface area contributed by atoms with Gasteiger partial charge < -0.3 is 9.84 Å². The van der Waals surface area contributed by atoms with Gasteiger partial charge in [-0.2, -0.15) is 0 Å². The Bertz CT molecular complexity index is 863. The molecule has 0 spiro atoms. The molecular formula is C25H30O3. The Labute approximate surface area is 167 Å². The Morgan fingerprint density at radius 2 is 1.82 bits per heavy atom. The fraction of sp³-hybridized carbons (Fsp3) is 0.480. The maximum Gasteiger partial charge on any atom is 0.328 e. The summed E-state index contributed by atoms with van der Waals surface area (Å²) in [6.45, 7) is 9.47. The molecule has 3 heteroatoms. The molecule has 7 unspecified atom stereocenters. The number of rotatable bonds is 3. The van der Waals surface area contributed by atoms with Crippen LogP contribution < -0.4 is 0 Å². The number of benzene rings is 1. The van der Waals surface area contributed by atoms with Crippen LogP contribution in [0.1, 0.15) is 62.6 Å². The van der Waals surface area contributed by atoms with E-state index >= 15 is 0 Å². The van der Waals surface area contributed by atoms with Gasteiger partial charge in [0.15, 0.2) is 0 Å². The van der Waals surface area contributed by atoms with Gasteiger partial charge in [0.2, 0.25) is 0 Å². The van der Waals surface area contributed by atoms with Crippen molar-refractivity contribution in [3.05, 3.63) is 65.3 Å². The van der Waals surface area contributed by atoms with Gasteiger partial charge in [-0.15, -0.1) is 0 Å². The van der Waals surface area contributed by atoms with Crippen molar-refractivity contribution >= 4 is 11.5 Å². The first kappa shape index (κ1) is 19.2. The zero-order chi connectivity index (χ0) is 20.0. The maximum absolute atomic E-state index is 10.8. The second-order valence-electron chi connectivity index (χ2n) is 8.82. The third kappa shape index (κ3) is 3.26. The van der Waals surface area contributed by atoms with E-state index in [1.807, 2.05) is 0 Å². The van der Waals surface area contributed by atoms with Gasteiger partial charge in [-0.25, -0.2) is 4.79 Å². The molecule has 1 heterocycles. The van der Waals surface area contributed by atoms with Crippen molar-refractivity contribution in [2.24, 2.45) is 17.8 Å². The summed E-state index contributed by atoms with van der Waals surface area (Å²) in [4.78, 5) is 10.8. The van der Waals surface area contributed by atoms with E-state index in [0.29, 0.717) is 23.7 Å². The molecular weight excluding hydrogens is 348 g/mol. The summed E-state index contributed by atoms with van der Waals surface area (Å²) in [6, 6.07) is 7.01. The highest BCUT2D eigenvalue weighted by molar-refractivity contribution is 5.80. The molecule has 0 radical (unpaired) electrons. The smallest absolute Gasteiger partial charge is 0.328 e. The first-order valence-electron chi connectivity index (χ1n) is 10.5.